The summed E-state index contributed by atoms with van der Waals surface area (Å²) in [5, 5.41) is 3.25. The van der Waals surface area contributed by atoms with E-state index in [0.717, 1.165) is 20.2 Å². The van der Waals surface area contributed by atoms with Crippen molar-refractivity contribution in [3.8, 4) is 5.75 Å². The Kier molecular flexibility index (Phi) is 7.56. The van der Waals surface area contributed by atoms with Crippen LogP contribution in [0.3, 0.4) is 0 Å². The number of amides is 1. The highest BCUT2D eigenvalue weighted by Gasteiger charge is 2.14. The van der Waals surface area contributed by atoms with Crippen LogP contribution in [0.1, 0.15) is 15.9 Å². The average molecular weight is 536 g/mol. The van der Waals surface area contributed by atoms with Crippen LogP contribution in [-0.2, 0) is 6.61 Å². The lowest BCUT2D eigenvalue weighted by Crippen LogP contribution is -2.43. The van der Waals surface area contributed by atoms with Gasteiger partial charge in [0.1, 0.15) is 12.4 Å². The van der Waals surface area contributed by atoms with E-state index in [1.54, 1.807) is 24.5 Å². The number of hydrogen-bond acceptors (Lipinski definition) is 4. The zero-order chi connectivity index (χ0) is 20.6. The molecule has 0 saturated heterocycles. The quantitative estimate of drug-likeness (QED) is 0.321. The van der Waals surface area contributed by atoms with Crippen molar-refractivity contribution in [1.82, 2.24) is 15.8 Å². The number of rotatable bonds is 5. The van der Waals surface area contributed by atoms with Crippen molar-refractivity contribution >= 4 is 60.8 Å². The summed E-state index contributed by atoms with van der Waals surface area (Å²) in [5.74, 6) is 0.0760. The number of anilines is 1. The number of ether oxygens (including phenoxy) is 1. The molecule has 1 heterocycles. The Balaban J connectivity index is 1.61. The van der Waals surface area contributed by atoms with Gasteiger partial charge in [0.2, 0.25) is 0 Å². The predicted octanol–water partition coefficient (Wildman–Crippen LogP) is 4.82. The second-order valence-corrected chi connectivity index (χ2v) is 8.06. The van der Waals surface area contributed by atoms with Crippen molar-refractivity contribution in [3.63, 3.8) is 0 Å². The molecule has 1 aromatic heterocycles. The molecular weight excluding hydrogens is 520 g/mol. The minimum atomic E-state index is -0.379. The van der Waals surface area contributed by atoms with E-state index in [0.29, 0.717) is 17.9 Å². The summed E-state index contributed by atoms with van der Waals surface area (Å²) in [6.07, 6.45) is 3.38. The Morgan fingerprint density at radius 3 is 2.38 bits per heavy atom. The molecule has 2 aromatic carbocycles. The fourth-order valence-electron chi connectivity index (χ4n) is 2.32. The van der Waals surface area contributed by atoms with Gasteiger partial charge in [-0.2, -0.15) is 0 Å². The number of carbonyl (C=O) groups is 1. The number of hydrazine groups is 1. The van der Waals surface area contributed by atoms with Gasteiger partial charge in [-0.1, -0.05) is 31.9 Å². The molecule has 0 fully saturated rings. The standard InChI is InChI=1S/C20H16Br2N4O2S/c21-14-1-4-16(5-2-14)24-20(29)26-25-19(27)17-11-15(22)3-6-18(17)28-12-13-7-9-23-10-8-13/h1-11H,12H2,(H,25,27)(H2,24,26,29). The summed E-state index contributed by atoms with van der Waals surface area (Å²) >= 11 is 12.0. The summed E-state index contributed by atoms with van der Waals surface area (Å²) < 4.78 is 7.54. The van der Waals surface area contributed by atoms with Crippen LogP contribution in [0.15, 0.2) is 75.9 Å². The molecule has 0 bridgehead atoms. The Hall–Kier alpha value is -2.49. The lowest BCUT2D eigenvalue weighted by Gasteiger charge is -2.14. The van der Waals surface area contributed by atoms with Gasteiger partial charge in [-0.15, -0.1) is 0 Å². The normalized spacial score (nSPS) is 10.1. The van der Waals surface area contributed by atoms with Crippen LogP contribution >= 0.6 is 44.1 Å². The monoisotopic (exact) mass is 534 g/mol. The van der Waals surface area contributed by atoms with E-state index in [9.17, 15) is 4.79 Å². The molecule has 29 heavy (non-hydrogen) atoms. The summed E-state index contributed by atoms with van der Waals surface area (Å²) in [7, 11) is 0. The van der Waals surface area contributed by atoms with E-state index in [-0.39, 0.29) is 11.0 Å². The SMILES string of the molecule is O=C(NNC(=S)Nc1ccc(Br)cc1)c1cc(Br)ccc1OCc1ccncc1. The molecule has 3 N–H and O–H groups in total. The van der Waals surface area contributed by atoms with E-state index < -0.39 is 0 Å². The third-order valence-corrected chi connectivity index (χ3v) is 4.95. The number of hydrogen-bond donors (Lipinski definition) is 3. The third kappa shape index (κ3) is 6.52. The Morgan fingerprint density at radius 2 is 1.66 bits per heavy atom. The van der Waals surface area contributed by atoms with Gasteiger partial charge >= 0.3 is 0 Å². The molecule has 1 amide bonds. The molecule has 9 heteroatoms. The van der Waals surface area contributed by atoms with Crippen LogP contribution < -0.4 is 20.9 Å². The van der Waals surface area contributed by atoms with Crippen molar-refractivity contribution in [1.29, 1.82) is 0 Å². The highest BCUT2D eigenvalue weighted by Crippen LogP contribution is 2.24. The van der Waals surface area contributed by atoms with Gasteiger partial charge in [0.25, 0.3) is 5.91 Å². The molecule has 6 nitrogen and oxygen atoms in total. The molecule has 0 aliphatic carbocycles. The molecule has 0 unspecified atom stereocenters. The number of halogens is 2. The van der Waals surface area contributed by atoms with Crippen LogP contribution in [0.25, 0.3) is 0 Å². The van der Waals surface area contributed by atoms with Crippen molar-refractivity contribution < 1.29 is 9.53 Å². The Morgan fingerprint density at radius 1 is 0.966 bits per heavy atom. The van der Waals surface area contributed by atoms with E-state index in [1.807, 2.05) is 42.5 Å². The molecule has 3 rings (SSSR count). The van der Waals surface area contributed by atoms with Gasteiger partial charge in [-0.05, 0) is 72.4 Å². The lowest BCUT2D eigenvalue weighted by atomic mass is 10.2. The maximum absolute atomic E-state index is 12.7. The van der Waals surface area contributed by atoms with Crippen LogP contribution in [-0.4, -0.2) is 16.0 Å². The van der Waals surface area contributed by atoms with Gasteiger partial charge in [-0.25, -0.2) is 0 Å². The molecule has 0 aliphatic rings. The number of thiocarbonyl (C=S) groups is 1. The number of carbonyl (C=O) groups excluding carboxylic acids is 1. The topological polar surface area (TPSA) is 75.3 Å². The number of nitrogens with one attached hydrogen (secondary N) is 3. The molecule has 148 valence electrons. The van der Waals surface area contributed by atoms with Gasteiger partial charge in [0.15, 0.2) is 5.11 Å². The van der Waals surface area contributed by atoms with Crippen LogP contribution in [0, 0.1) is 0 Å². The largest absolute Gasteiger partial charge is 0.488 e. The summed E-state index contributed by atoms with van der Waals surface area (Å²) in [5.41, 5.74) is 7.39. The van der Waals surface area contributed by atoms with E-state index in [4.69, 9.17) is 17.0 Å². The highest BCUT2D eigenvalue weighted by molar-refractivity contribution is 9.10. The van der Waals surface area contributed by atoms with E-state index in [2.05, 4.69) is 53.0 Å². The van der Waals surface area contributed by atoms with E-state index >= 15 is 0 Å². The number of pyridine rings is 1. The maximum Gasteiger partial charge on any atom is 0.273 e. The van der Waals surface area contributed by atoms with Gasteiger partial charge in [0, 0.05) is 27.0 Å². The van der Waals surface area contributed by atoms with Gasteiger partial charge in [-0.3, -0.25) is 20.6 Å². The fourth-order valence-corrected chi connectivity index (χ4v) is 3.12. The van der Waals surface area contributed by atoms with Gasteiger partial charge in [0.05, 0.1) is 5.56 Å². The molecular formula is C20H16Br2N4O2S. The summed E-state index contributed by atoms with van der Waals surface area (Å²) in [6, 6.07) is 16.4. The number of benzene rings is 2. The van der Waals surface area contributed by atoms with Crippen molar-refractivity contribution in [2.24, 2.45) is 0 Å². The van der Waals surface area contributed by atoms with Crippen molar-refractivity contribution in [3.05, 3.63) is 87.1 Å². The first kappa shape index (κ1) is 21.2. The van der Waals surface area contributed by atoms with Crippen molar-refractivity contribution in [2.45, 2.75) is 6.61 Å². The minimum Gasteiger partial charge on any atom is -0.488 e. The molecule has 3 aromatic rings. The predicted molar refractivity (Wildman–Crippen MR) is 124 cm³/mol. The first-order valence-electron chi connectivity index (χ1n) is 8.45. The molecule has 0 spiro atoms. The smallest absolute Gasteiger partial charge is 0.273 e. The average Bonchev–Trinajstić information content (AvgIpc) is 2.73. The zero-order valence-electron chi connectivity index (χ0n) is 15.0. The second-order valence-electron chi connectivity index (χ2n) is 5.82. The lowest BCUT2D eigenvalue weighted by molar-refractivity contribution is 0.0939. The maximum atomic E-state index is 12.7. The van der Waals surface area contributed by atoms with E-state index in [1.165, 1.54) is 0 Å². The van der Waals surface area contributed by atoms with Crippen LogP contribution in [0.2, 0.25) is 0 Å². The molecule has 0 radical (unpaired) electrons. The minimum absolute atomic E-state index is 0.259. The summed E-state index contributed by atoms with van der Waals surface area (Å²) in [4.78, 5) is 16.6. The third-order valence-electron chi connectivity index (χ3n) is 3.72. The van der Waals surface area contributed by atoms with Crippen LogP contribution in [0.5, 0.6) is 5.75 Å². The highest BCUT2D eigenvalue weighted by atomic mass is 79.9. The summed E-state index contributed by atoms with van der Waals surface area (Å²) in [6.45, 7) is 0.321. The molecule has 0 atom stereocenters. The van der Waals surface area contributed by atoms with Crippen LogP contribution in [0.4, 0.5) is 5.69 Å². The second kappa shape index (κ2) is 10.3. The molecule has 0 saturated carbocycles. The first-order valence-corrected chi connectivity index (χ1v) is 10.4. The number of nitrogens with zero attached hydrogens (tertiary/aromatic N) is 1. The number of aromatic nitrogens is 1. The zero-order valence-corrected chi connectivity index (χ0v) is 19.0. The van der Waals surface area contributed by atoms with Gasteiger partial charge < -0.3 is 10.1 Å². The molecule has 0 aliphatic heterocycles. The fraction of sp³-hybridized carbons (Fsp3) is 0.0500. The van der Waals surface area contributed by atoms with Crippen molar-refractivity contribution in [2.75, 3.05) is 5.32 Å². The Labute approximate surface area is 190 Å². The Bertz CT molecular complexity index is 1000. The first-order chi connectivity index (χ1) is 14.0.